The van der Waals surface area contributed by atoms with Crippen LogP contribution in [0.15, 0.2) is 51.9 Å². The molecule has 0 radical (unpaired) electrons. The molecule has 1 N–H and O–H groups in total. The molecule has 146 valence electrons. The molecule has 3 heterocycles. The Morgan fingerprint density at radius 3 is 2.75 bits per heavy atom. The van der Waals surface area contributed by atoms with Crippen LogP contribution >= 0.6 is 11.6 Å². The minimum absolute atomic E-state index is 0.428. The fraction of sp³-hybridized carbons (Fsp3) is 0.476. The van der Waals surface area contributed by atoms with Crippen molar-refractivity contribution in [3.63, 3.8) is 0 Å². The van der Waals surface area contributed by atoms with E-state index in [0.717, 1.165) is 67.3 Å². The second kappa shape index (κ2) is 7.24. The highest BCUT2D eigenvalue weighted by Crippen LogP contribution is 2.38. The summed E-state index contributed by atoms with van der Waals surface area (Å²) in [5.41, 5.74) is 4.78. The van der Waals surface area contributed by atoms with Crippen molar-refractivity contribution in [3.8, 4) is 0 Å². The molecule has 0 saturated heterocycles. The summed E-state index contributed by atoms with van der Waals surface area (Å²) in [4.78, 5) is 11.3. The van der Waals surface area contributed by atoms with Gasteiger partial charge >= 0.3 is 0 Å². The van der Waals surface area contributed by atoms with Gasteiger partial charge in [-0.1, -0.05) is 11.6 Å². The van der Waals surface area contributed by atoms with Crippen molar-refractivity contribution in [2.75, 3.05) is 6.54 Å². The van der Waals surface area contributed by atoms with E-state index in [0.29, 0.717) is 12.0 Å². The molecule has 6 nitrogen and oxygen atoms in total. The Morgan fingerprint density at radius 2 is 1.93 bits per heavy atom. The van der Waals surface area contributed by atoms with Crippen molar-refractivity contribution in [3.05, 3.63) is 58.2 Å². The van der Waals surface area contributed by atoms with E-state index in [4.69, 9.17) is 16.7 Å². The molecule has 0 aromatic carbocycles. The summed E-state index contributed by atoms with van der Waals surface area (Å²) < 4.78 is 0. The van der Waals surface area contributed by atoms with Crippen LogP contribution in [-0.4, -0.2) is 38.8 Å². The SMILES string of the molecule is Cc1nccnc1C1CCC(N2N=CN3CC4=C(C=C(Cl)CC4)NC=C32)CC1. The second-order valence-corrected chi connectivity index (χ2v) is 8.48. The fourth-order valence-electron chi connectivity index (χ4n) is 4.72. The second-order valence-electron chi connectivity index (χ2n) is 7.99. The Bertz CT molecular complexity index is 894. The average molecular weight is 397 g/mol. The first-order valence-electron chi connectivity index (χ1n) is 10.1. The predicted molar refractivity (Wildman–Crippen MR) is 110 cm³/mol. The van der Waals surface area contributed by atoms with Crippen molar-refractivity contribution in [2.24, 2.45) is 5.10 Å². The third-order valence-electron chi connectivity index (χ3n) is 6.26. The zero-order valence-electron chi connectivity index (χ0n) is 16.1. The molecule has 1 aromatic heterocycles. The van der Waals surface area contributed by atoms with E-state index < -0.39 is 0 Å². The third kappa shape index (κ3) is 3.20. The van der Waals surface area contributed by atoms with Crippen LogP contribution in [0.2, 0.25) is 0 Å². The van der Waals surface area contributed by atoms with E-state index in [1.807, 2.05) is 12.5 Å². The van der Waals surface area contributed by atoms with E-state index >= 15 is 0 Å². The molecule has 1 saturated carbocycles. The van der Waals surface area contributed by atoms with Gasteiger partial charge < -0.3 is 10.2 Å². The first-order chi connectivity index (χ1) is 13.7. The number of halogens is 1. The summed E-state index contributed by atoms with van der Waals surface area (Å²) in [5.74, 6) is 1.65. The van der Waals surface area contributed by atoms with Gasteiger partial charge in [0.05, 0.1) is 17.4 Å². The third-order valence-corrected chi connectivity index (χ3v) is 6.56. The van der Waals surface area contributed by atoms with Crippen molar-refractivity contribution < 1.29 is 0 Å². The lowest BCUT2D eigenvalue weighted by Crippen LogP contribution is -2.35. The highest BCUT2D eigenvalue weighted by molar-refractivity contribution is 6.29. The van der Waals surface area contributed by atoms with Gasteiger partial charge in [-0.3, -0.25) is 9.97 Å². The number of nitrogens with zero attached hydrogens (tertiary/aromatic N) is 5. The quantitative estimate of drug-likeness (QED) is 0.820. The maximum atomic E-state index is 6.24. The number of hydrogen-bond acceptors (Lipinski definition) is 6. The van der Waals surface area contributed by atoms with E-state index in [-0.39, 0.29) is 0 Å². The largest absolute Gasteiger partial charge is 0.358 e. The van der Waals surface area contributed by atoms with Gasteiger partial charge in [-0.25, -0.2) is 5.01 Å². The standard InChI is InChI=1S/C21H25ClN6/c1-14-21(24-9-8-23-14)15-3-6-18(7-4-15)28-20-11-25-19-10-17(22)5-2-16(19)12-27(20)13-26-28/h8-11,13,15,18,25H,2-7,12H2,1H3. The normalized spacial score (nSPS) is 26.9. The molecule has 0 unspecified atom stereocenters. The van der Waals surface area contributed by atoms with Gasteiger partial charge in [0.2, 0.25) is 0 Å². The summed E-state index contributed by atoms with van der Waals surface area (Å²) in [6, 6.07) is 0.428. The first kappa shape index (κ1) is 17.7. The van der Waals surface area contributed by atoms with Crippen LogP contribution in [0.3, 0.4) is 0 Å². The average Bonchev–Trinajstić information content (AvgIpc) is 3.02. The summed E-state index contributed by atoms with van der Waals surface area (Å²) >= 11 is 6.24. The molecule has 1 fully saturated rings. The van der Waals surface area contributed by atoms with Crippen LogP contribution in [0.1, 0.15) is 55.8 Å². The van der Waals surface area contributed by atoms with E-state index in [9.17, 15) is 0 Å². The van der Waals surface area contributed by atoms with Crippen LogP contribution in [0.25, 0.3) is 0 Å². The van der Waals surface area contributed by atoms with Crippen LogP contribution in [0.4, 0.5) is 0 Å². The van der Waals surface area contributed by atoms with Crippen molar-refractivity contribution >= 4 is 17.9 Å². The Labute approximate surface area is 170 Å². The highest BCUT2D eigenvalue weighted by atomic mass is 35.5. The molecule has 2 aliphatic heterocycles. The maximum absolute atomic E-state index is 6.24. The molecule has 1 aromatic rings. The lowest BCUT2D eigenvalue weighted by molar-refractivity contribution is 0.182. The zero-order chi connectivity index (χ0) is 19.1. The van der Waals surface area contributed by atoms with Crippen LogP contribution in [0, 0.1) is 6.92 Å². The molecule has 7 heteroatoms. The molecule has 5 rings (SSSR count). The van der Waals surface area contributed by atoms with Gasteiger partial charge in [0.15, 0.2) is 0 Å². The number of nitrogens with one attached hydrogen (secondary N) is 1. The summed E-state index contributed by atoms with van der Waals surface area (Å²) in [6.45, 7) is 2.94. The predicted octanol–water partition coefficient (Wildman–Crippen LogP) is 3.94. The maximum Gasteiger partial charge on any atom is 0.147 e. The Morgan fingerprint density at radius 1 is 1.11 bits per heavy atom. The highest BCUT2D eigenvalue weighted by Gasteiger charge is 2.34. The van der Waals surface area contributed by atoms with Gasteiger partial charge in [0.1, 0.15) is 12.2 Å². The van der Waals surface area contributed by atoms with Crippen molar-refractivity contribution in [1.29, 1.82) is 0 Å². The zero-order valence-corrected chi connectivity index (χ0v) is 16.9. The molecule has 0 atom stereocenters. The molecule has 0 amide bonds. The molecular formula is C21H25ClN6. The molecule has 0 bridgehead atoms. The first-order valence-corrected chi connectivity index (χ1v) is 10.5. The lowest BCUT2D eigenvalue weighted by atomic mass is 9.83. The van der Waals surface area contributed by atoms with Crippen molar-refractivity contribution in [2.45, 2.75) is 57.4 Å². The topological polar surface area (TPSA) is 56.7 Å². The molecule has 0 spiro atoms. The van der Waals surface area contributed by atoms with E-state index in [1.165, 1.54) is 11.3 Å². The summed E-state index contributed by atoms with van der Waals surface area (Å²) in [5, 5.41) is 11.3. The molecular weight excluding hydrogens is 372 g/mol. The van der Waals surface area contributed by atoms with Gasteiger partial charge in [-0.05, 0) is 57.1 Å². The molecule has 28 heavy (non-hydrogen) atoms. The van der Waals surface area contributed by atoms with Gasteiger partial charge in [-0.2, -0.15) is 5.10 Å². The number of aromatic nitrogens is 2. The van der Waals surface area contributed by atoms with Gasteiger partial charge in [0, 0.05) is 41.8 Å². The number of rotatable bonds is 2. The number of fused-ring (bicyclic) bond motifs is 1. The van der Waals surface area contributed by atoms with E-state index in [2.05, 4.69) is 44.4 Å². The Hall–Kier alpha value is -2.34. The fourth-order valence-corrected chi connectivity index (χ4v) is 4.93. The minimum atomic E-state index is 0.428. The minimum Gasteiger partial charge on any atom is -0.358 e. The van der Waals surface area contributed by atoms with Crippen LogP contribution in [0.5, 0.6) is 0 Å². The van der Waals surface area contributed by atoms with Gasteiger partial charge in [0.25, 0.3) is 0 Å². The van der Waals surface area contributed by atoms with Gasteiger partial charge in [-0.15, -0.1) is 0 Å². The van der Waals surface area contributed by atoms with Crippen molar-refractivity contribution in [1.82, 2.24) is 25.2 Å². The lowest BCUT2D eigenvalue weighted by Gasteiger charge is -2.34. The Balaban J connectivity index is 1.28. The smallest absolute Gasteiger partial charge is 0.147 e. The van der Waals surface area contributed by atoms with Crippen LogP contribution < -0.4 is 5.32 Å². The number of hydrazone groups is 1. The number of allylic oxidation sites excluding steroid dienone is 2. The summed E-state index contributed by atoms with van der Waals surface area (Å²) in [6.07, 6.45) is 16.1. The molecule has 2 aliphatic carbocycles. The molecule has 4 aliphatic rings. The monoisotopic (exact) mass is 396 g/mol. The van der Waals surface area contributed by atoms with Crippen LogP contribution in [-0.2, 0) is 0 Å². The number of aryl methyl sites for hydroxylation is 1. The summed E-state index contributed by atoms with van der Waals surface area (Å²) in [7, 11) is 0. The Kier molecular flexibility index (Phi) is 4.59. The number of hydrogen-bond donors (Lipinski definition) is 1. The van der Waals surface area contributed by atoms with E-state index in [1.54, 1.807) is 6.20 Å².